The number of likely N-dealkylation sites (tertiary alicyclic amines) is 1. The number of rotatable bonds is 4. The molecule has 0 unspecified atom stereocenters. The van der Waals surface area contributed by atoms with E-state index in [0.29, 0.717) is 16.9 Å². The quantitative estimate of drug-likeness (QED) is 0.732. The molecule has 124 valence electrons. The highest BCUT2D eigenvalue weighted by Gasteiger charge is 2.29. The zero-order valence-corrected chi connectivity index (χ0v) is 16.4. The summed E-state index contributed by atoms with van der Waals surface area (Å²) < 4.78 is 27.5. The van der Waals surface area contributed by atoms with Gasteiger partial charge in [-0.3, -0.25) is 0 Å². The van der Waals surface area contributed by atoms with Crippen molar-refractivity contribution >= 4 is 49.2 Å². The number of benzene rings is 1. The van der Waals surface area contributed by atoms with Crippen molar-refractivity contribution < 1.29 is 8.42 Å². The fraction of sp³-hybridized carbons (Fsp3) is 0.571. The third kappa shape index (κ3) is 4.16. The van der Waals surface area contributed by atoms with Gasteiger partial charge >= 0.3 is 0 Å². The van der Waals surface area contributed by atoms with Crippen molar-refractivity contribution in [1.29, 1.82) is 0 Å². The first kappa shape index (κ1) is 18.5. The maximum atomic E-state index is 12.8. The SMILES string of the molecule is CN1CCC(CN(C)S(=O)(=O)c2c(Cl)cc(Br)cc2Cl)CC1. The molecule has 4 nitrogen and oxygen atoms in total. The van der Waals surface area contributed by atoms with Gasteiger partial charge in [0.1, 0.15) is 4.90 Å². The van der Waals surface area contributed by atoms with E-state index in [2.05, 4.69) is 27.9 Å². The number of nitrogens with zero attached hydrogens (tertiary/aromatic N) is 2. The van der Waals surface area contributed by atoms with E-state index < -0.39 is 10.0 Å². The van der Waals surface area contributed by atoms with Gasteiger partial charge in [0.15, 0.2) is 0 Å². The van der Waals surface area contributed by atoms with E-state index in [-0.39, 0.29) is 14.9 Å². The Labute approximate surface area is 150 Å². The second-order valence-corrected chi connectivity index (χ2v) is 9.44. The van der Waals surface area contributed by atoms with Crippen LogP contribution in [0.1, 0.15) is 12.8 Å². The topological polar surface area (TPSA) is 40.6 Å². The summed E-state index contributed by atoms with van der Waals surface area (Å²) in [5.41, 5.74) is 0. The van der Waals surface area contributed by atoms with Crippen LogP contribution in [0.4, 0.5) is 0 Å². The minimum atomic E-state index is -3.69. The molecule has 0 aromatic heterocycles. The van der Waals surface area contributed by atoms with Gasteiger partial charge in [0.05, 0.1) is 10.0 Å². The van der Waals surface area contributed by atoms with Gasteiger partial charge in [-0.05, 0) is 51.0 Å². The molecular weight excluding hydrogens is 411 g/mol. The Morgan fingerprint density at radius 1 is 1.27 bits per heavy atom. The monoisotopic (exact) mass is 428 g/mol. The van der Waals surface area contributed by atoms with Crippen LogP contribution in [0.3, 0.4) is 0 Å². The van der Waals surface area contributed by atoms with Gasteiger partial charge in [0, 0.05) is 18.1 Å². The molecule has 1 aliphatic rings. The van der Waals surface area contributed by atoms with Crippen LogP contribution in [0.15, 0.2) is 21.5 Å². The zero-order valence-electron chi connectivity index (χ0n) is 12.5. The average Bonchev–Trinajstić information content (AvgIpc) is 2.39. The van der Waals surface area contributed by atoms with Crippen LogP contribution in [0.25, 0.3) is 0 Å². The number of sulfonamides is 1. The summed E-state index contributed by atoms with van der Waals surface area (Å²) in [6.45, 7) is 2.48. The molecule has 1 aromatic rings. The zero-order chi connectivity index (χ0) is 16.5. The smallest absolute Gasteiger partial charge is 0.245 e. The molecule has 2 rings (SSSR count). The molecule has 1 aliphatic heterocycles. The van der Waals surface area contributed by atoms with Gasteiger partial charge in [0.2, 0.25) is 10.0 Å². The molecule has 8 heteroatoms. The molecule has 0 radical (unpaired) electrons. The summed E-state index contributed by atoms with van der Waals surface area (Å²) in [6, 6.07) is 3.09. The molecule has 0 bridgehead atoms. The number of hydrogen-bond acceptors (Lipinski definition) is 3. The predicted molar refractivity (Wildman–Crippen MR) is 94.2 cm³/mol. The van der Waals surface area contributed by atoms with Gasteiger partial charge in [-0.15, -0.1) is 0 Å². The van der Waals surface area contributed by atoms with Crippen LogP contribution in [-0.2, 0) is 10.0 Å². The summed E-state index contributed by atoms with van der Waals surface area (Å²) >= 11 is 15.5. The Morgan fingerprint density at radius 2 is 1.77 bits per heavy atom. The molecule has 0 atom stereocenters. The van der Waals surface area contributed by atoms with Crippen LogP contribution in [-0.4, -0.2) is 51.4 Å². The Morgan fingerprint density at radius 3 is 2.27 bits per heavy atom. The Bertz CT molecular complexity index is 623. The van der Waals surface area contributed by atoms with Crippen LogP contribution in [0.5, 0.6) is 0 Å². The lowest BCUT2D eigenvalue weighted by molar-refractivity contribution is 0.202. The van der Waals surface area contributed by atoms with Gasteiger partial charge in [-0.25, -0.2) is 12.7 Å². The normalized spacial score (nSPS) is 18.1. The minimum absolute atomic E-state index is 0.0190. The van der Waals surface area contributed by atoms with Crippen molar-refractivity contribution in [2.24, 2.45) is 5.92 Å². The first-order valence-corrected chi connectivity index (χ1v) is 10.00. The van der Waals surface area contributed by atoms with Crippen LogP contribution >= 0.6 is 39.1 Å². The van der Waals surface area contributed by atoms with Crippen molar-refractivity contribution in [1.82, 2.24) is 9.21 Å². The van der Waals surface area contributed by atoms with E-state index >= 15 is 0 Å². The number of piperidine rings is 1. The van der Waals surface area contributed by atoms with Crippen LogP contribution in [0.2, 0.25) is 10.0 Å². The summed E-state index contributed by atoms with van der Waals surface area (Å²) in [5.74, 6) is 0.365. The third-order valence-corrected chi connectivity index (χ3v) is 7.19. The van der Waals surface area contributed by atoms with Gasteiger partial charge in [-0.2, -0.15) is 0 Å². The largest absolute Gasteiger partial charge is 0.306 e. The highest BCUT2D eigenvalue weighted by molar-refractivity contribution is 9.10. The first-order valence-electron chi connectivity index (χ1n) is 7.01. The summed E-state index contributed by atoms with van der Waals surface area (Å²) in [6.07, 6.45) is 2.00. The predicted octanol–water partition coefficient (Wildman–Crippen LogP) is 3.72. The third-order valence-electron chi connectivity index (χ3n) is 3.98. The maximum absolute atomic E-state index is 12.8. The minimum Gasteiger partial charge on any atom is -0.306 e. The van der Waals surface area contributed by atoms with Gasteiger partial charge in [0.25, 0.3) is 0 Å². The molecule has 0 saturated carbocycles. The number of halogens is 3. The molecule has 1 fully saturated rings. The van der Waals surface area contributed by atoms with E-state index in [1.807, 2.05) is 0 Å². The van der Waals surface area contributed by atoms with Crippen molar-refractivity contribution in [3.63, 3.8) is 0 Å². The van der Waals surface area contributed by atoms with E-state index in [4.69, 9.17) is 23.2 Å². The standard InChI is InChI=1S/C14H19BrCl2N2O2S/c1-18-5-3-10(4-6-18)9-19(2)22(20,21)14-12(16)7-11(15)8-13(14)17/h7-8,10H,3-6,9H2,1-2H3. The molecule has 1 saturated heterocycles. The van der Waals surface area contributed by atoms with Crippen LogP contribution < -0.4 is 0 Å². The van der Waals surface area contributed by atoms with E-state index in [0.717, 1.165) is 25.9 Å². The Hall–Kier alpha value is 0.150. The summed E-state index contributed by atoms with van der Waals surface area (Å²) in [4.78, 5) is 2.24. The van der Waals surface area contributed by atoms with E-state index in [1.54, 1.807) is 19.2 Å². The lowest BCUT2D eigenvalue weighted by atomic mass is 9.97. The molecule has 0 N–H and O–H groups in total. The number of hydrogen-bond donors (Lipinski definition) is 0. The second kappa shape index (κ2) is 7.36. The molecular formula is C14H19BrCl2N2O2S. The molecule has 22 heavy (non-hydrogen) atoms. The van der Waals surface area contributed by atoms with E-state index in [1.165, 1.54) is 4.31 Å². The van der Waals surface area contributed by atoms with Crippen molar-refractivity contribution in [3.8, 4) is 0 Å². The van der Waals surface area contributed by atoms with Crippen molar-refractivity contribution in [3.05, 3.63) is 26.7 Å². The van der Waals surface area contributed by atoms with E-state index in [9.17, 15) is 8.42 Å². The Balaban J connectivity index is 2.19. The first-order chi connectivity index (χ1) is 10.2. The lowest BCUT2D eigenvalue weighted by Gasteiger charge is -2.31. The van der Waals surface area contributed by atoms with Gasteiger partial charge in [-0.1, -0.05) is 39.1 Å². The molecule has 0 spiro atoms. The maximum Gasteiger partial charge on any atom is 0.245 e. The molecule has 0 aliphatic carbocycles. The highest BCUT2D eigenvalue weighted by Crippen LogP contribution is 2.34. The molecule has 0 amide bonds. The van der Waals surface area contributed by atoms with Crippen LogP contribution in [0, 0.1) is 5.92 Å². The fourth-order valence-electron chi connectivity index (χ4n) is 2.64. The summed E-state index contributed by atoms with van der Waals surface area (Å²) in [5, 5.41) is 0.268. The van der Waals surface area contributed by atoms with Gasteiger partial charge < -0.3 is 4.90 Å². The average molecular weight is 430 g/mol. The molecule has 1 aromatic carbocycles. The fourth-order valence-corrected chi connectivity index (χ4v) is 5.76. The highest BCUT2D eigenvalue weighted by atomic mass is 79.9. The van der Waals surface area contributed by atoms with Crippen molar-refractivity contribution in [2.45, 2.75) is 17.7 Å². The summed E-state index contributed by atoms with van der Waals surface area (Å²) in [7, 11) is -0.0279. The van der Waals surface area contributed by atoms with Crippen molar-refractivity contribution in [2.75, 3.05) is 33.7 Å². The lowest BCUT2D eigenvalue weighted by Crippen LogP contribution is -2.38. The second-order valence-electron chi connectivity index (χ2n) is 5.73. The molecule has 1 heterocycles. The Kier molecular flexibility index (Phi) is 6.19.